The largest absolute Gasteiger partial charge is 0.223 e. The van der Waals surface area contributed by atoms with Crippen molar-refractivity contribution in [1.29, 1.82) is 5.26 Å². The molecule has 6 heteroatoms. The van der Waals surface area contributed by atoms with Gasteiger partial charge in [0.1, 0.15) is 0 Å². The zero-order valence-corrected chi connectivity index (χ0v) is 11.0. The Balaban J connectivity index is 2.41. The van der Waals surface area contributed by atoms with Gasteiger partial charge in [-0.05, 0) is 29.8 Å². The summed E-state index contributed by atoms with van der Waals surface area (Å²) in [5.74, 6) is -2.78. The minimum Gasteiger partial charge on any atom is -0.223 e. The first-order valence-electron chi connectivity index (χ1n) is 5.60. The van der Waals surface area contributed by atoms with Crippen molar-refractivity contribution < 1.29 is 17.2 Å². The number of rotatable bonds is 3. The highest BCUT2D eigenvalue weighted by molar-refractivity contribution is 7.90. The minimum absolute atomic E-state index is 0.235. The van der Waals surface area contributed by atoms with E-state index in [1.807, 2.05) is 6.07 Å². The highest BCUT2D eigenvalue weighted by Gasteiger charge is 2.19. The Kier molecular flexibility index (Phi) is 3.81. The zero-order valence-electron chi connectivity index (χ0n) is 10.2. The monoisotopic (exact) mass is 293 g/mol. The fourth-order valence-corrected chi connectivity index (χ4v) is 3.10. The van der Waals surface area contributed by atoms with E-state index in [1.54, 1.807) is 12.1 Å². The molecule has 0 bridgehead atoms. The normalized spacial score (nSPS) is 11.1. The molecule has 0 heterocycles. The van der Waals surface area contributed by atoms with Crippen LogP contribution in [-0.4, -0.2) is 8.42 Å². The third-order valence-corrected chi connectivity index (χ3v) is 4.40. The lowest BCUT2D eigenvalue weighted by atomic mass is 10.1. The van der Waals surface area contributed by atoms with Crippen molar-refractivity contribution >= 4 is 9.84 Å². The van der Waals surface area contributed by atoms with Crippen molar-refractivity contribution in [2.75, 3.05) is 0 Å². The summed E-state index contributed by atoms with van der Waals surface area (Å²) in [7, 11) is -3.84. The van der Waals surface area contributed by atoms with Gasteiger partial charge in [-0.1, -0.05) is 18.2 Å². The number of nitrogens with zero attached hydrogens (tertiary/aromatic N) is 1. The van der Waals surface area contributed by atoms with E-state index in [1.165, 1.54) is 12.1 Å². The van der Waals surface area contributed by atoms with Crippen molar-refractivity contribution in [2.24, 2.45) is 0 Å². The molecule has 0 radical (unpaired) electrons. The van der Waals surface area contributed by atoms with E-state index in [9.17, 15) is 17.2 Å². The number of hydrogen-bond donors (Lipinski definition) is 0. The number of nitriles is 1. The average Bonchev–Trinajstić information content (AvgIpc) is 2.42. The molecule has 2 aromatic rings. The minimum atomic E-state index is -3.84. The summed E-state index contributed by atoms with van der Waals surface area (Å²) < 4.78 is 50.2. The summed E-state index contributed by atoms with van der Waals surface area (Å²) in [6, 6.07) is 10.5. The van der Waals surface area contributed by atoms with Crippen LogP contribution in [0.2, 0.25) is 0 Å². The fourth-order valence-electron chi connectivity index (χ4n) is 1.71. The molecule has 0 saturated carbocycles. The van der Waals surface area contributed by atoms with Crippen LogP contribution in [0.25, 0.3) is 0 Å². The Morgan fingerprint density at radius 3 is 2.40 bits per heavy atom. The third kappa shape index (κ3) is 2.83. The van der Waals surface area contributed by atoms with Crippen molar-refractivity contribution in [3.8, 4) is 6.07 Å². The Labute approximate surface area is 115 Å². The molecule has 0 spiro atoms. The van der Waals surface area contributed by atoms with Gasteiger partial charge in [0.2, 0.25) is 0 Å². The van der Waals surface area contributed by atoms with E-state index in [2.05, 4.69) is 0 Å². The Morgan fingerprint density at radius 1 is 1.05 bits per heavy atom. The van der Waals surface area contributed by atoms with Gasteiger partial charge in [-0.2, -0.15) is 5.26 Å². The van der Waals surface area contributed by atoms with Crippen LogP contribution in [-0.2, 0) is 15.6 Å². The van der Waals surface area contributed by atoms with Gasteiger partial charge >= 0.3 is 0 Å². The molecule has 0 N–H and O–H groups in total. The zero-order chi connectivity index (χ0) is 14.8. The molecule has 2 rings (SSSR count). The van der Waals surface area contributed by atoms with E-state index < -0.39 is 27.2 Å². The van der Waals surface area contributed by atoms with Crippen molar-refractivity contribution in [3.63, 3.8) is 0 Å². The van der Waals surface area contributed by atoms with Crippen LogP contribution in [0.3, 0.4) is 0 Å². The molecule has 20 heavy (non-hydrogen) atoms. The molecule has 102 valence electrons. The lowest BCUT2D eigenvalue weighted by Crippen LogP contribution is -2.07. The highest BCUT2D eigenvalue weighted by atomic mass is 32.2. The maximum absolute atomic E-state index is 13.1. The molecule has 0 amide bonds. The van der Waals surface area contributed by atoms with Crippen LogP contribution in [0, 0.1) is 23.0 Å². The second-order valence-electron chi connectivity index (χ2n) is 4.10. The van der Waals surface area contributed by atoms with Gasteiger partial charge in [-0.25, -0.2) is 17.2 Å². The second-order valence-corrected chi connectivity index (χ2v) is 6.09. The van der Waals surface area contributed by atoms with Crippen molar-refractivity contribution in [2.45, 2.75) is 10.6 Å². The molecule has 2 aromatic carbocycles. The summed E-state index contributed by atoms with van der Waals surface area (Å²) >= 11 is 0. The summed E-state index contributed by atoms with van der Waals surface area (Å²) in [5.41, 5.74) is 0.554. The first-order chi connectivity index (χ1) is 9.44. The number of halogens is 2. The molecule has 0 aromatic heterocycles. The van der Waals surface area contributed by atoms with Gasteiger partial charge in [0, 0.05) is 0 Å². The van der Waals surface area contributed by atoms with Crippen molar-refractivity contribution in [1.82, 2.24) is 0 Å². The first-order valence-corrected chi connectivity index (χ1v) is 7.25. The second kappa shape index (κ2) is 5.39. The standard InChI is InChI=1S/C14H9F2NO2S/c15-13-6-5-12(7-14(13)16)20(18,19)9-11-4-2-1-3-10(11)8-17/h1-7H,9H2. The lowest BCUT2D eigenvalue weighted by Gasteiger charge is -2.06. The SMILES string of the molecule is N#Cc1ccccc1CS(=O)(=O)c1ccc(F)c(F)c1. The number of benzene rings is 2. The van der Waals surface area contributed by atoms with E-state index in [4.69, 9.17) is 5.26 Å². The van der Waals surface area contributed by atoms with Gasteiger partial charge in [0.05, 0.1) is 22.3 Å². The molecular weight excluding hydrogens is 284 g/mol. The summed E-state index contributed by atoms with van der Waals surface area (Å²) in [6.45, 7) is 0. The molecule has 0 atom stereocenters. The van der Waals surface area contributed by atoms with Crippen LogP contribution in [0.15, 0.2) is 47.4 Å². The first kappa shape index (κ1) is 14.2. The van der Waals surface area contributed by atoms with E-state index >= 15 is 0 Å². The Bertz CT molecular complexity index is 795. The Hall–Kier alpha value is -2.26. The molecule has 0 unspecified atom stereocenters. The van der Waals surface area contributed by atoms with Crippen LogP contribution < -0.4 is 0 Å². The molecule has 0 fully saturated rings. The third-order valence-electron chi connectivity index (χ3n) is 2.73. The van der Waals surface area contributed by atoms with Crippen LogP contribution >= 0.6 is 0 Å². The summed E-state index contributed by atoms with van der Waals surface area (Å²) in [4.78, 5) is -0.316. The maximum atomic E-state index is 13.1. The topological polar surface area (TPSA) is 57.9 Å². The van der Waals surface area contributed by atoms with Gasteiger partial charge < -0.3 is 0 Å². The molecule has 0 saturated heterocycles. The van der Waals surface area contributed by atoms with E-state index in [0.717, 1.165) is 12.1 Å². The maximum Gasteiger partial charge on any atom is 0.182 e. The predicted octanol–water partition coefficient (Wildman–Crippen LogP) is 2.81. The Morgan fingerprint density at radius 2 is 1.75 bits per heavy atom. The van der Waals surface area contributed by atoms with Crippen LogP contribution in [0.1, 0.15) is 11.1 Å². The molecule has 0 aliphatic carbocycles. The van der Waals surface area contributed by atoms with Gasteiger partial charge in [-0.15, -0.1) is 0 Å². The fraction of sp³-hybridized carbons (Fsp3) is 0.0714. The lowest BCUT2D eigenvalue weighted by molar-refractivity contribution is 0.504. The smallest absolute Gasteiger partial charge is 0.182 e. The van der Waals surface area contributed by atoms with E-state index in [0.29, 0.717) is 11.6 Å². The summed E-state index contributed by atoms with van der Waals surface area (Å²) in [5, 5.41) is 8.91. The van der Waals surface area contributed by atoms with Crippen LogP contribution in [0.5, 0.6) is 0 Å². The molecule has 3 nitrogen and oxygen atoms in total. The van der Waals surface area contributed by atoms with E-state index in [-0.39, 0.29) is 10.5 Å². The summed E-state index contributed by atoms with van der Waals surface area (Å²) in [6.07, 6.45) is 0. The number of sulfone groups is 1. The van der Waals surface area contributed by atoms with Gasteiger partial charge in [0.15, 0.2) is 21.5 Å². The highest BCUT2D eigenvalue weighted by Crippen LogP contribution is 2.20. The quantitative estimate of drug-likeness (QED) is 0.818. The predicted molar refractivity (Wildman–Crippen MR) is 68.4 cm³/mol. The van der Waals surface area contributed by atoms with Gasteiger partial charge in [-0.3, -0.25) is 0 Å². The van der Waals surface area contributed by atoms with Gasteiger partial charge in [0.25, 0.3) is 0 Å². The molecule has 0 aliphatic rings. The number of hydrogen-bond acceptors (Lipinski definition) is 3. The molecular formula is C14H9F2NO2S. The average molecular weight is 293 g/mol. The molecule has 0 aliphatic heterocycles. The van der Waals surface area contributed by atoms with Crippen molar-refractivity contribution in [3.05, 3.63) is 65.2 Å². The van der Waals surface area contributed by atoms with Crippen LogP contribution in [0.4, 0.5) is 8.78 Å².